The number of carbonyl (C=O) groups excluding carboxylic acids is 3. The molecular weight excluding hydrogens is 460 g/mol. The van der Waals surface area contributed by atoms with Crippen LogP contribution in [0, 0.1) is 31.1 Å². The van der Waals surface area contributed by atoms with Gasteiger partial charge in [-0.15, -0.1) is 0 Å². The van der Waals surface area contributed by atoms with Gasteiger partial charge in [-0.3, -0.25) is 9.59 Å². The van der Waals surface area contributed by atoms with Crippen molar-refractivity contribution in [2.75, 3.05) is 11.9 Å². The van der Waals surface area contributed by atoms with E-state index in [-0.39, 0.29) is 18.2 Å². The van der Waals surface area contributed by atoms with Crippen molar-refractivity contribution in [2.45, 2.75) is 46.7 Å². The monoisotopic (exact) mass is 490 g/mol. The highest BCUT2D eigenvalue weighted by Gasteiger charge is 2.27. The normalized spacial score (nSPS) is 11.6. The van der Waals surface area contributed by atoms with Crippen LogP contribution in [0.25, 0.3) is 0 Å². The first kappa shape index (κ1) is 26.3. The number of benzene rings is 1. The van der Waals surface area contributed by atoms with E-state index in [0.29, 0.717) is 23.7 Å². The van der Waals surface area contributed by atoms with Crippen LogP contribution in [-0.2, 0) is 32.1 Å². The van der Waals surface area contributed by atoms with Crippen LogP contribution in [0.1, 0.15) is 42.0 Å². The second-order valence-electron chi connectivity index (χ2n) is 8.82. The third kappa shape index (κ3) is 6.42. The van der Waals surface area contributed by atoms with Gasteiger partial charge in [-0.1, -0.05) is 44.2 Å². The smallest absolute Gasteiger partial charge is 0.329 e. The van der Waals surface area contributed by atoms with E-state index >= 15 is 0 Å². The lowest BCUT2D eigenvalue weighted by atomic mass is 10.0. The van der Waals surface area contributed by atoms with Crippen molar-refractivity contribution in [1.29, 1.82) is 5.26 Å². The van der Waals surface area contributed by atoms with E-state index in [9.17, 15) is 19.6 Å². The first-order valence-electron chi connectivity index (χ1n) is 11.6. The first-order valence-corrected chi connectivity index (χ1v) is 11.6. The average Bonchev–Trinajstić information content (AvgIpc) is 3.44. The first-order chi connectivity index (χ1) is 17.2. The van der Waals surface area contributed by atoms with E-state index in [1.807, 2.05) is 37.3 Å². The maximum absolute atomic E-state index is 12.7. The highest BCUT2D eigenvalue weighted by molar-refractivity contribution is 5.94. The summed E-state index contributed by atoms with van der Waals surface area (Å²) in [4.78, 5) is 37.8. The number of nitrogens with zero attached hydrogens (tertiary/aromatic N) is 2. The van der Waals surface area contributed by atoms with E-state index in [0.717, 1.165) is 16.8 Å². The molecule has 2 N–H and O–H groups in total. The zero-order valence-electron chi connectivity index (χ0n) is 20.8. The number of esters is 1. The number of ether oxygens (including phenoxy) is 1. The molecule has 9 heteroatoms. The van der Waals surface area contributed by atoms with E-state index < -0.39 is 24.5 Å². The van der Waals surface area contributed by atoms with Crippen LogP contribution in [0.4, 0.5) is 5.82 Å². The zero-order chi connectivity index (χ0) is 26.2. The van der Waals surface area contributed by atoms with Gasteiger partial charge in [-0.2, -0.15) is 5.26 Å². The summed E-state index contributed by atoms with van der Waals surface area (Å²) in [6.07, 6.45) is 1.67. The highest BCUT2D eigenvalue weighted by Crippen LogP contribution is 2.27. The average molecular weight is 491 g/mol. The molecule has 0 unspecified atom stereocenters. The minimum absolute atomic E-state index is 0.125. The molecule has 9 nitrogen and oxygen atoms in total. The molecule has 0 aliphatic rings. The third-order valence-electron chi connectivity index (χ3n) is 5.88. The number of nitriles is 1. The second kappa shape index (κ2) is 11.9. The quantitative estimate of drug-likeness (QED) is 0.419. The Kier molecular flexibility index (Phi) is 8.68. The number of carbonyl (C=O) groups is 3. The molecule has 1 atom stereocenters. The number of amides is 2. The van der Waals surface area contributed by atoms with Crippen LogP contribution in [0.2, 0.25) is 0 Å². The molecule has 3 rings (SSSR count). The van der Waals surface area contributed by atoms with Crippen molar-refractivity contribution in [3.63, 3.8) is 0 Å². The standard InChI is InChI=1S/C27H30N4O5/c1-17(2)25(29-23(32)13-20-9-6-5-7-10-20)27(34)36-16-24(33)30-26-22(14-28)18(3)19(4)31(26)15-21-11-8-12-35-21/h5-12,17,25H,13,15-16H2,1-4H3,(H,29,32)(H,30,33)/t25-/m1/s1. The van der Waals surface area contributed by atoms with Crippen LogP contribution in [0.3, 0.4) is 0 Å². The topological polar surface area (TPSA) is 126 Å². The summed E-state index contributed by atoms with van der Waals surface area (Å²) in [5.41, 5.74) is 2.68. The Hall–Kier alpha value is -4.32. The fourth-order valence-electron chi connectivity index (χ4n) is 3.78. The molecule has 2 heterocycles. The molecule has 0 aliphatic carbocycles. The molecule has 0 aliphatic heterocycles. The lowest BCUT2D eigenvalue weighted by molar-refractivity contribution is -0.151. The summed E-state index contributed by atoms with van der Waals surface area (Å²) < 4.78 is 12.4. The molecule has 0 fully saturated rings. The SMILES string of the molecule is Cc1c(C#N)c(NC(=O)COC(=O)[C@H](NC(=O)Cc2ccccc2)C(C)C)n(Cc2ccco2)c1C. The van der Waals surface area contributed by atoms with Gasteiger partial charge < -0.3 is 24.4 Å². The Morgan fingerprint density at radius 3 is 2.42 bits per heavy atom. The van der Waals surface area contributed by atoms with Gasteiger partial charge in [0.1, 0.15) is 23.7 Å². The van der Waals surface area contributed by atoms with E-state index in [2.05, 4.69) is 16.7 Å². The van der Waals surface area contributed by atoms with E-state index in [4.69, 9.17) is 9.15 Å². The van der Waals surface area contributed by atoms with Crippen LogP contribution in [-0.4, -0.2) is 35.0 Å². The Balaban J connectivity index is 1.64. The number of aromatic nitrogens is 1. The number of nitrogens with one attached hydrogen (secondary N) is 2. The lowest BCUT2D eigenvalue weighted by Gasteiger charge is -2.21. The molecule has 0 saturated carbocycles. The van der Waals surface area contributed by atoms with E-state index in [1.54, 1.807) is 43.7 Å². The number of hydrogen-bond donors (Lipinski definition) is 2. The molecule has 0 bridgehead atoms. The van der Waals surface area contributed by atoms with Crippen molar-refractivity contribution in [3.05, 3.63) is 76.9 Å². The Bertz CT molecular complexity index is 1250. The Morgan fingerprint density at radius 2 is 1.81 bits per heavy atom. The maximum atomic E-state index is 12.7. The predicted molar refractivity (Wildman–Crippen MR) is 133 cm³/mol. The number of furan rings is 1. The minimum atomic E-state index is -0.906. The van der Waals surface area contributed by atoms with Crippen LogP contribution in [0.15, 0.2) is 53.1 Å². The summed E-state index contributed by atoms with van der Waals surface area (Å²) in [5.74, 6) is -0.911. The summed E-state index contributed by atoms with van der Waals surface area (Å²) in [5, 5.41) is 15.0. The van der Waals surface area contributed by atoms with Crippen molar-refractivity contribution >= 4 is 23.6 Å². The predicted octanol–water partition coefficient (Wildman–Crippen LogP) is 3.48. The maximum Gasteiger partial charge on any atom is 0.329 e. The van der Waals surface area contributed by atoms with Crippen molar-refractivity contribution in [1.82, 2.24) is 9.88 Å². The van der Waals surface area contributed by atoms with Gasteiger partial charge in [0.2, 0.25) is 5.91 Å². The van der Waals surface area contributed by atoms with Gasteiger partial charge in [-0.05, 0) is 43.0 Å². The third-order valence-corrected chi connectivity index (χ3v) is 5.88. The summed E-state index contributed by atoms with van der Waals surface area (Å²) in [6, 6.07) is 14.0. The number of hydrogen-bond acceptors (Lipinski definition) is 6. The molecule has 3 aromatic rings. The molecule has 0 radical (unpaired) electrons. The minimum Gasteiger partial charge on any atom is -0.467 e. The number of anilines is 1. The van der Waals surface area contributed by atoms with Gasteiger partial charge in [0.25, 0.3) is 5.91 Å². The van der Waals surface area contributed by atoms with Gasteiger partial charge in [0, 0.05) is 5.69 Å². The van der Waals surface area contributed by atoms with Crippen molar-refractivity contribution < 1.29 is 23.5 Å². The van der Waals surface area contributed by atoms with Gasteiger partial charge in [0.05, 0.1) is 24.8 Å². The molecule has 188 valence electrons. The fourth-order valence-corrected chi connectivity index (χ4v) is 3.78. The zero-order valence-corrected chi connectivity index (χ0v) is 20.8. The molecule has 1 aromatic carbocycles. The van der Waals surface area contributed by atoms with Crippen molar-refractivity contribution in [2.24, 2.45) is 5.92 Å². The van der Waals surface area contributed by atoms with Crippen molar-refractivity contribution in [3.8, 4) is 6.07 Å². The molecule has 0 spiro atoms. The molecule has 2 aromatic heterocycles. The van der Waals surface area contributed by atoms with E-state index in [1.165, 1.54) is 0 Å². The van der Waals surface area contributed by atoms with Crippen LogP contribution < -0.4 is 10.6 Å². The van der Waals surface area contributed by atoms with Gasteiger partial charge in [0.15, 0.2) is 6.61 Å². The summed E-state index contributed by atoms with van der Waals surface area (Å²) >= 11 is 0. The number of rotatable bonds is 10. The largest absolute Gasteiger partial charge is 0.467 e. The molecular formula is C27H30N4O5. The summed E-state index contributed by atoms with van der Waals surface area (Å²) in [6.45, 7) is 6.96. The lowest BCUT2D eigenvalue weighted by Crippen LogP contribution is -2.46. The van der Waals surface area contributed by atoms with Gasteiger partial charge >= 0.3 is 5.97 Å². The molecule has 0 saturated heterocycles. The fraction of sp³-hybridized carbons (Fsp3) is 0.333. The van der Waals surface area contributed by atoms with Crippen LogP contribution >= 0.6 is 0 Å². The second-order valence-corrected chi connectivity index (χ2v) is 8.82. The summed E-state index contributed by atoms with van der Waals surface area (Å²) in [7, 11) is 0. The Labute approximate surface area is 210 Å². The van der Waals surface area contributed by atoms with Gasteiger partial charge in [-0.25, -0.2) is 4.79 Å². The van der Waals surface area contributed by atoms with Crippen LogP contribution in [0.5, 0.6) is 0 Å². The Morgan fingerprint density at radius 1 is 1.08 bits per heavy atom. The molecule has 36 heavy (non-hydrogen) atoms. The highest BCUT2D eigenvalue weighted by atomic mass is 16.5. The molecule has 2 amide bonds.